The average molecular weight is 573 g/mol. The van der Waals surface area contributed by atoms with Gasteiger partial charge in [-0.15, -0.1) is 0 Å². The molecule has 10 heteroatoms. The van der Waals surface area contributed by atoms with E-state index in [2.05, 4.69) is 15.9 Å². The first-order chi connectivity index (χ1) is 17.2. The van der Waals surface area contributed by atoms with Gasteiger partial charge in [-0.3, -0.25) is 4.79 Å². The number of methoxy groups -OCH3 is 1. The molecule has 4 rings (SSSR count). The predicted molar refractivity (Wildman–Crippen MR) is 138 cm³/mol. The Morgan fingerprint density at radius 3 is 2.39 bits per heavy atom. The van der Waals surface area contributed by atoms with E-state index in [0.717, 1.165) is 19.9 Å². The van der Waals surface area contributed by atoms with Crippen molar-refractivity contribution in [3.63, 3.8) is 0 Å². The number of rotatable bonds is 7. The SMILES string of the molecule is COC(=O)[C@H]1CN(C(=O)CN(Cc2ccc(Br)cc2)S(=O)(=O)c2ccc(C)cc2)c2ccccc2O1. The first-order valence-electron chi connectivity index (χ1n) is 11.1. The maximum absolute atomic E-state index is 13.6. The molecule has 1 aliphatic rings. The highest BCUT2D eigenvalue weighted by Crippen LogP contribution is 2.34. The fraction of sp³-hybridized carbons (Fsp3) is 0.231. The second-order valence-electron chi connectivity index (χ2n) is 8.31. The van der Waals surface area contributed by atoms with Crippen LogP contribution in [0, 0.1) is 6.92 Å². The number of esters is 1. The summed E-state index contributed by atoms with van der Waals surface area (Å²) in [7, 11) is -2.78. The molecule has 0 saturated heterocycles. The Kier molecular flexibility index (Phi) is 7.77. The second-order valence-corrected chi connectivity index (χ2v) is 11.2. The quantitative estimate of drug-likeness (QED) is 0.398. The van der Waals surface area contributed by atoms with Crippen molar-refractivity contribution in [3.8, 4) is 5.75 Å². The van der Waals surface area contributed by atoms with Gasteiger partial charge in [0, 0.05) is 11.0 Å². The molecule has 1 amide bonds. The lowest BCUT2D eigenvalue weighted by Gasteiger charge is -2.34. The van der Waals surface area contributed by atoms with E-state index in [4.69, 9.17) is 9.47 Å². The molecule has 0 saturated carbocycles. The van der Waals surface area contributed by atoms with Crippen LogP contribution in [-0.2, 0) is 30.9 Å². The summed E-state index contributed by atoms with van der Waals surface area (Å²) >= 11 is 3.38. The molecule has 0 N–H and O–H groups in total. The highest BCUT2D eigenvalue weighted by molar-refractivity contribution is 9.10. The zero-order valence-corrected chi connectivity index (χ0v) is 22.2. The van der Waals surface area contributed by atoms with Crippen LogP contribution in [0.25, 0.3) is 0 Å². The molecule has 8 nitrogen and oxygen atoms in total. The minimum Gasteiger partial charge on any atom is -0.475 e. The van der Waals surface area contributed by atoms with E-state index in [1.54, 1.807) is 48.5 Å². The lowest BCUT2D eigenvalue weighted by atomic mass is 10.2. The van der Waals surface area contributed by atoms with E-state index < -0.39 is 34.5 Å². The number of anilines is 1. The van der Waals surface area contributed by atoms with Crippen molar-refractivity contribution in [2.45, 2.75) is 24.5 Å². The van der Waals surface area contributed by atoms with Gasteiger partial charge in [0.1, 0.15) is 5.75 Å². The zero-order chi connectivity index (χ0) is 25.9. The fourth-order valence-corrected chi connectivity index (χ4v) is 5.48. The number of fused-ring (bicyclic) bond motifs is 1. The van der Waals surface area contributed by atoms with E-state index in [1.165, 1.54) is 24.1 Å². The molecule has 0 fully saturated rings. The third-order valence-electron chi connectivity index (χ3n) is 5.78. The van der Waals surface area contributed by atoms with Crippen molar-refractivity contribution in [2.75, 3.05) is 25.1 Å². The monoisotopic (exact) mass is 572 g/mol. The molecule has 1 heterocycles. The third kappa shape index (κ3) is 5.61. The van der Waals surface area contributed by atoms with Gasteiger partial charge < -0.3 is 14.4 Å². The van der Waals surface area contributed by atoms with Crippen molar-refractivity contribution >= 4 is 43.5 Å². The standard InChI is InChI=1S/C26H25BrN2O6S/c1-18-7-13-21(14-8-18)36(32,33)28(15-19-9-11-20(27)12-10-19)17-25(30)29-16-24(26(31)34-2)35-23-6-4-3-5-22(23)29/h3-14,24H,15-17H2,1-2H3/t24-/m1/s1. The molecular formula is C26H25BrN2O6S. The number of nitrogens with zero attached hydrogens (tertiary/aromatic N) is 2. The van der Waals surface area contributed by atoms with Gasteiger partial charge in [0.25, 0.3) is 0 Å². The average Bonchev–Trinajstić information content (AvgIpc) is 2.88. The summed E-state index contributed by atoms with van der Waals surface area (Å²) in [5.74, 6) is -0.776. The number of hydrogen-bond donors (Lipinski definition) is 0. The van der Waals surface area contributed by atoms with Gasteiger partial charge in [-0.2, -0.15) is 4.31 Å². The zero-order valence-electron chi connectivity index (χ0n) is 19.8. The maximum atomic E-state index is 13.6. The molecule has 0 bridgehead atoms. The number of carbonyl (C=O) groups is 2. The van der Waals surface area contributed by atoms with Gasteiger partial charge in [-0.25, -0.2) is 13.2 Å². The summed E-state index contributed by atoms with van der Waals surface area (Å²) < 4.78 is 39.8. The van der Waals surface area contributed by atoms with E-state index in [9.17, 15) is 18.0 Å². The molecule has 36 heavy (non-hydrogen) atoms. The fourth-order valence-electron chi connectivity index (χ4n) is 3.84. The van der Waals surface area contributed by atoms with Crippen LogP contribution >= 0.6 is 15.9 Å². The molecule has 0 aliphatic carbocycles. The van der Waals surface area contributed by atoms with Crippen molar-refractivity contribution in [2.24, 2.45) is 0 Å². The Labute approximate surface area is 218 Å². The number of ether oxygens (including phenoxy) is 2. The molecule has 0 aromatic heterocycles. The molecule has 0 unspecified atom stereocenters. The van der Waals surface area contributed by atoms with Crippen molar-refractivity contribution < 1.29 is 27.5 Å². The largest absolute Gasteiger partial charge is 0.475 e. The number of halogens is 1. The Balaban J connectivity index is 1.68. The van der Waals surface area contributed by atoms with Crippen LogP contribution in [0.5, 0.6) is 5.75 Å². The van der Waals surface area contributed by atoms with Gasteiger partial charge in [0.05, 0.1) is 30.8 Å². The van der Waals surface area contributed by atoms with E-state index >= 15 is 0 Å². The number of amides is 1. The minimum absolute atomic E-state index is 0.0123. The maximum Gasteiger partial charge on any atom is 0.348 e. The van der Waals surface area contributed by atoms with Crippen LogP contribution in [0.1, 0.15) is 11.1 Å². The number of hydrogen-bond acceptors (Lipinski definition) is 6. The summed E-state index contributed by atoms with van der Waals surface area (Å²) in [5, 5.41) is 0. The van der Waals surface area contributed by atoms with Gasteiger partial charge in [0.15, 0.2) is 0 Å². The summed E-state index contributed by atoms with van der Waals surface area (Å²) in [4.78, 5) is 27.3. The van der Waals surface area contributed by atoms with Crippen LogP contribution in [0.3, 0.4) is 0 Å². The number of carbonyl (C=O) groups excluding carboxylic acids is 2. The second kappa shape index (κ2) is 10.8. The van der Waals surface area contributed by atoms with E-state index in [-0.39, 0.29) is 18.0 Å². The first-order valence-corrected chi connectivity index (χ1v) is 13.4. The highest BCUT2D eigenvalue weighted by atomic mass is 79.9. The summed E-state index contributed by atoms with van der Waals surface area (Å²) in [5.41, 5.74) is 2.10. The number of para-hydroxylation sites is 2. The third-order valence-corrected chi connectivity index (χ3v) is 8.12. The van der Waals surface area contributed by atoms with Gasteiger partial charge in [-0.05, 0) is 48.9 Å². The molecule has 188 valence electrons. The van der Waals surface area contributed by atoms with Crippen molar-refractivity contribution in [3.05, 3.63) is 88.4 Å². The molecule has 1 atom stereocenters. The Morgan fingerprint density at radius 1 is 1.06 bits per heavy atom. The summed E-state index contributed by atoms with van der Waals surface area (Å²) in [6, 6.07) is 20.5. The molecule has 0 spiro atoms. The number of sulfonamides is 1. The van der Waals surface area contributed by atoms with Crippen LogP contribution in [0.2, 0.25) is 0 Å². The topological polar surface area (TPSA) is 93.2 Å². The predicted octanol–water partition coefficient (Wildman–Crippen LogP) is 3.92. The summed E-state index contributed by atoms with van der Waals surface area (Å²) in [6.45, 7) is 1.32. The van der Waals surface area contributed by atoms with Crippen LogP contribution in [0.15, 0.2) is 82.2 Å². The van der Waals surface area contributed by atoms with E-state index in [0.29, 0.717) is 11.4 Å². The Morgan fingerprint density at radius 2 is 1.72 bits per heavy atom. The number of aryl methyl sites for hydroxylation is 1. The highest BCUT2D eigenvalue weighted by Gasteiger charge is 2.36. The normalized spacial score (nSPS) is 15.2. The lowest BCUT2D eigenvalue weighted by Crippen LogP contribution is -2.50. The summed E-state index contributed by atoms with van der Waals surface area (Å²) in [6.07, 6.45) is -1.03. The van der Waals surface area contributed by atoms with Gasteiger partial charge in [-0.1, -0.05) is 57.9 Å². The molecule has 3 aromatic rings. The Bertz CT molecular complexity index is 1360. The molecular weight excluding hydrogens is 548 g/mol. The van der Waals surface area contributed by atoms with E-state index in [1.807, 2.05) is 19.1 Å². The smallest absolute Gasteiger partial charge is 0.348 e. The van der Waals surface area contributed by atoms with Crippen LogP contribution < -0.4 is 9.64 Å². The van der Waals surface area contributed by atoms with Crippen molar-refractivity contribution in [1.29, 1.82) is 0 Å². The van der Waals surface area contributed by atoms with Gasteiger partial charge in [0.2, 0.25) is 22.0 Å². The lowest BCUT2D eigenvalue weighted by molar-refractivity contribution is -0.148. The Hall–Kier alpha value is -3.21. The van der Waals surface area contributed by atoms with Crippen LogP contribution in [-0.4, -0.2) is 50.9 Å². The molecule has 3 aromatic carbocycles. The first kappa shape index (κ1) is 25.9. The van der Waals surface area contributed by atoms with Crippen LogP contribution in [0.4, 0.5) is 5.69 Å². The minimum atomic E-state index is -4.02. The number of benzene rings is 3. The molecule has 1 aliphatic heterocycles. The molecule has 0 radical (unpaired) electrons. The van der Waals surface area contributed by atoms with Crippen molar-refractivity contribution in [1.82, 2.24) is 4.31 Å². The van der Waals surface area contributed by atoms with Gasteiger partial charge >= 0.3 is 5.97 Å².